The average molecular weight is 342 g/mol. The first kappa shape index (κ1) is 16.5. The highest BCUT2D eigenvalue weighted by Crippen LogP contribution is 2.22. The van der Waals surface area contributed by atoms with Gasteiger partial charge in [-0.15, -0.1) is 0 Å². The highest BCUT2D eigenvalue weighted by Gasteiger charge is 2.13. The minimum Gasteiger partial charge on any atom is -0.319 e. The van der Waals surface area contributed by atoms with Gasteiger partial charge in [-0.1, -0.05) is 29.8 Å². The summed E-state index contributed by atoms with van der Waals surface area (Å²) in [5, 5.41) is 2.32. The summed E-state index contributed by atoms with van der Waals surface area (Å²) in [6.07, 6.45) is 1.11. The summed E-state index contributed by atoms with van der Waals surface area (Å²) in [6.45, 7) is 0. The highest BCUT2D eigenvalue weighted by atomic mass is 35.5. The second-order valence-corrected chi connectivity index (χ2v) is 7.37. The van der Waals surface area contributed by atoms with Crippen LogP contribution >= 0.6 is 11.6 Å². The van der Waals surface area contributed by atoms with Crippen molar-refractivity contribution in [1.82, 2.24) is 0 Å². The van der Waals surface area contributed by atoms with E-state index in [0.29, 0.717) is 5.56 Å². The Hall–Kier alpha value is -1.92. The Kier molecular flexibility index (Phi) is 4.83. The van der Waals surface area contributed by atoms with Gasteiger partial charge in [-0.25, -0.2) is 12.8 Å². The summed E-state index contributed by atoms with van der Waals surface area (Å²) < 4.78 is 36.3. The van der Waals surface area contributed by atoms with Crippen molar-refractivity contribution in [2.75, 3.05) is 11.6 Å². The van der Waals surface area contributed by atoms with E-state index in [-0.39, 0.29) is 22.0 Å². The van der Waals surface area contributed by atoms with Crippen molar-refractivity contribution in [3.63, 3.8) is 0 Å². The van der Waals surface area contributed by atoms with Crippen LogP contribution in [0.3, 0.4) is 0 Å². The molecule has 2 rings (SSSR count). The van der Waals surface area contributed by atoms with Gasteiger partial charge in [-0.3, -0.25) is 4.79 Å². The molecule has 2 aromatic carbocycles. The number of rotatable bonds is 4. The fourth-order valence-corrected chi connectivity index (χ4v) is 2.86. The van der Waals surface area contributed by atoms with E-state index in [0.717, 1.165) is 6.26 Å². The number of nitrogens with one attached hydrogen (secondary N) is 1. The van der Waals surface area contributed by atoms with Crippen molar-refractivity contribution in [1.29, 1.82) is 0 Å². The molecule has 1 amide bonds. The van der Waals surface area contributed by atoms with Crippen molar-refractivity contribution < 1.29 is 17.6 Å². The maximum absolute atomic E-state index is 13.8. The standard InChI is InChI=1S/C15H13ClFNO3S/c1-22(20,21)9-10-4-2-5-11(8-10)15(19)18-13-7-3-6-12(16)14(13)17/h2-8H,9H2,1H3,(H,18,19). The number of carbonyl (C=O) groups is 1. The lowest BCUT2D eigenvalue weighted by molar-refractivity contribution is 0.102. The van der Waals surface area contributed by atoms with Gasteiger partial charge in [0.25, 0.3) is 5.91 Å². The minimum atomic E-state index is -3.20. The number of carbonyl (C=O) groups excluding carboxylic acids is 1. The largest absolute Gasteiger partial charge is 0.319 e. The Morgan fingerprint density at radius 1 is 1.23 bits per heavy atom. The molecule has 4 nitrogen and oxygen atoms in total. The van der Waals surface area contributed by atoms with Crippen LogP contribution in [0.1, 0.15) is 15.9 Å². The van der Waals surface area contributed by atoms with Gasteiger partial charge in [-0.05, 0) is 29.8 Å². The predicted octanol–water partition coefficient (Wildman–Crippen LogP) is 3.28. The molecule has 116 valence electrons. The number of halogens is 2. The van der Waals surface area contributed by atoms with E-state index in [9.17, 15) is 17.6 Å². The number of sulfone groups is 1. The summed E-state index contributed by atoms with van der Waals surface area (Å²) in [7, 11) is -3.20. The quantitative estimate of drug-likeness (QED) is 0.928. The zero-order valence-corrected chi connectivity index (χ0v) is 13.2. The molecule has 1 N–H and O–H groups in total. The molecule has 22 heavy (non-hydrogen) atoms. The van der Waals surface area contributed by atoms with Crippen LogP contribution in [0.5, 0.6) is 0 Å². The second kappa shape index (κ2) is 6.46. The molecule has 0 unspecified atom stereocenters. The summed E-state index contributed by atoms with van der Waals surface area (Å²) in [5.74, 6) is -1.43. The van der Waals surface area contributed by atoms with Crippen molar-refractivity contribution in [3.8, 4) is 0 Å². The Labute approximate surface area is 132 Å². The van der Waals surface area contributed by atoms with E-state index >= 15 is 0 Å². The molecular formula is C15H13ClFNO3S. The van der Waals surface area contributed by atoms with Crippen LogP contribution in [0.15, 0.2) is 42.5 Å². The van der Waals surface area contributed by atoms with Crippen LogP contribution in [0.25, 0.3) is 0 Å². The third kappa shape index (κ3) is 4.29. The first-order valence-corrected chi connectivity index (χ1v) is 8.72. The van der Waals surface area contributed by atoms with Gasteiger partial charge >= 0.3 is 0 Å². The molecule has 0 heterocycles. The predicted molar refractivity (Wildman–Crippen MR) is 84.4 cm³/mol. The van der Waals surface area contributed by atoms with Crippen LogP contribution in [0.2, 0.25) is 5.02 Å². The third-order valence-electron chi connectivity index (χ3n) is 2.82. The zero-order chi connectivity index (χ0) is 16.3. The minimum absolute atomic E-state index is 0.0361. The van der Waals surface area contributed by atoms with Gasteiger partial charge < -0.3 is 5.32 Å². The van der Waals surface area contributed by atoms with Gasteiger partial charge in [-0.2, -0.15) is 0 Å². The normalized spacial score (nSPS) is 11.2. The fourth-order valence-electron chi connectivity index (χ4n) is 1.90. The smallest absolute Gasteiger partial charge is 0.255 e. The molecule has 0 aliphatic rings. The number of anilines is 1. The number of hydrogen-bond donors (Lipinski definition) is 1. The monoisotopic (exact) mass is 341 g/mol. The van der Waals surface area contributed by atoms with Crippen molar-refractivity contribution in [2.45, 2.75) is 5.75 Å². The van der Waals surface area contributed by atoms with E-state index in [2.05, 4.69) is 5.32 Å². The molecule has 0 fully saturated rings. The SMILES string of the molecule is CS(=O)(=O)Cc1cccc(C(=O)Nc2cccc(Cl)c2F)c1. The topological polar surface area (TPSA) is 63.2 Å². The third-order valence-corrected chi connectivity index (χ3v) is 3.97. The number of amides is 1. The van der Waals surface area contributed by atoms with E-state index in [1.165, 1.54) is 30.3 Å². The lowest BCUT2D eigenvalue weighted by Gasteiger charge is -2.08. The van der Waals surface area contributed by atoms with Gasteiger partial charge in [0.1, 0.15) is 0 Å². The molecule has 0 radical (unpaired) electrons. The molecule has 0 saturated heterocycles. The summed E-state index contributed by atoms with van der Waals surface area (Å²) in [4.78, 5) is 12.1. The molecule has 0 atom stereocenters. The molecule has 0 aromatic heterocycles. The molecule has 2 aromatic rings. The van der Waals surface area contributed by atoms with Gasteiger partial charge in [0.15, 0.2) is 15.7 Å². The lowest BCUT2D eigenvalue weighted by atomic mass is 10.1. The van der Waals surface area contributed by atoms with Crippen LogP contribution in [-0.4, -0.2) is 20.6 Å². The molecule has 7 heteroatoms. The van der Waals surface area contributed by atoms with Crippen LogP contribution in [-0.2, 0) is 15.6 Å². The first-order valence-electron chi connectivity index (χ1n) is 6.28. The Bertz CT molecular complexity index is 821. The summed E-state index contributed by atoms with van der Waals surface area (Å²) in [6, 6.07) is 10.4. The van der Waals surface area contributed by atoms with E-state index in [4.69, 9.17) is 11.6 Å². The Morgan fingerprint density at radius 3 is 2.59 bits per heavy atom. The highest BCUT2D eigenvalue weighted by molar-refractivity contribution is 7.89. The summed E-state index contributed by atoms with van der Waals surface area (Å²) in [5.41, 5.74) is 0.688. The second-order valence-electron chi connectivity index (χ2n) is 4.83. The van der Waals surface area contributed by atoms with Crippen LogP contribution in [0.4, 0.5) is 10.1 Å². The molecular weight excluding hydrogens is 329 g/mol. The maximum Gasteiger partial charge on any atom is 0.255 e. The Balaban J connectivity index is 2.23. The van der Waals surface area contributed by atoms with E-state index in [1.54, 1.807) is 12.1 Å². The van der Waals surface area contributed by atoms with Gasteiger partial charge in [0.05, 0.1) is 16.5 Å². The van der Waals surface area contributed by atoms with Gasteiger partial charge in [0.2, 0.25) is 0 Å². The molecule has 0 saturated carbocycles. The van der Waals surface area contributed by atoms with E-state index < -0.39 is 21.6 Å². The Morgan fingerprint density at radius 2 is 1.91 bits per heavy atom. The molecule has 0 spiro atoms. The first-order chi connectivity index (χ1) is 10.3. The maximum atomic E-state index is 13.8. The zero-order valence-electron chi connectivity index (χ0n) is 11.6. The molecule has 0 bridgehead atoms. The van der Waals surface area contributed by atoms with Gasteiger partial charge in [0, 0.05) is 11.8 Å². The van der Waals surface area contributed by atoms with Crippen LogP contribution in [0, 0.1) is 5.82 Å². The fraction of sp³-hybridized carbons (Fsp3) is 0.133. The van der Waals surface area contributed by atoms with Crippen molar-refractivity contribution >= 4 is 33.0 Å². The lowest BCUT2D eigenvalue weighted by Crippen LogP contribution is -2.13. The average Bonchev–Trinajstić information content (AvgIpc) is 2.42. The van der Waals surface area contributed by atoms with Crippen molar-refractivity contribution in [3.05, 3.63) is 64.4 Å². The molecule has 0 aliphatic carbocycles. The number of benzene rings is 2. The molecule has 0 aliphatic heterocycles. The summed E-state index contributed by atoms with van der Waals surface area (Å²) >= 11 is 5.65. The van der Waals surface area contributed by atoms with Crippen molar-refractivity contribution in [2.24, 2.45) is 0 Å². The van der Waals surface area contributed by atoms with E-state index in [1.807, 2.05) is 0 Å². The van der Waals surface area contributed by atoms with Crippen LogP contribution < -0.4 is 5.32 Å². The number of hydrogen-bond acceptors (Lipinski definition) is 3.